The lowest BCUT2D eigenvalue weighted by atomic mass is 9.85. The van der Waals surface area contributed by atoms with Crippen LogP contribution in [-0.4, -0.2) is 18.4 Å². The summed E-state index contributed by atoms with van der Waals surface area (Å²) in [4.78, 5) is 23.6. The highest BCUT2D eigenvalue weighted by Gasteiger charge is 2.51. The van der Waals surface area contributed by atoms with Crippen molar-refractivity contribution in [1.82, 2.24) is 5.32 Å². The first kappa shape index (κ1) is 12.0. The standard InChI is InChI=1S/C14H22N2O2/c15-13(18)14(5-1-2-6-14)8-16-12(17)11-7-10(11)9-3-4-9/h9-11H,1-8H2,(H2,15,18)(H,16,17). The van der Waals surface area contributed by atoms with E-state index in [9.17, 15) is 9.59 Å². The monoisotopic (exact) mass is 250 g/mol. The molecule has 3 fully saturated rings. The lowest BCUT2D eigenvalue weighted by Crippen LogP contribution is -2.45. The molecule has 2 unspecified atom stereocenters. The Labute approximate surface area is 108 Å². The normalized spacial score (nSPS) is 33.1. The van der Waals surface area contributed by atoms with Crippen LogP contribution in [-0.2, 0) is 9.59 Å². The zero-order chi connectivity index (χ0) is 12.8. The minimum absolute atomic E-state index is 0.152. The Morgan fingerprint density at radius 1 is 1.22 bits per heavy atom. The van der Waals surface area contributed by atoms with Crippen LogP contribution >= 0.6 is 0 Å². The lowest BCUT2D eigenvalue weighted by Gasteiger charge is -2.25. The summed E-state index contributed by atoms with van der Waals surface area (Å²) in [5.41, 5.74) is 5.05. The summed E-state index contributed by atoms with van der Waals surface area (Å²) in [7, 11) is 0. The minimum Gasteiger partial charge on any atom is -0.369 e. The lowest BCUT2D eigenvalue weighted by molar-refractivity contribution is -0.128. The molecular formula is C14H22N2O2. The molecule has 3 rings (SSSR count). The highest BCUT2D eigenvalue weighted by molar-refractivity contribution is 5.84. The molecule has 0 heterocycles. The topological polar surface area (TPSA) is 72.2 Å². The van der Waals surface area contributed by atoms with Crippen molar-refractivity contribution < 1.29 is 9.59 Å². The molecule has 3 saturated carbocycles. The van der Waals surface area contributed by atoms with E-state index in [4.69, 9.17) is 5.73 Å². The van der Waals surface area contributed by atoms with Gasteiger partial charge in [0.1, 0.15) is 0 Å². The van der Waals surface area contributed by atoms with Crippen molar-refractivity contribution in [1.29, 1.82) is 0 Å². The molecular weight excluding hydrogens is 228 g/mol. The van der Waals surface area contributed by atoms with Crippen molar-refractivity contribution in [3.05, 3.63) is 0 Å². The maximum Gasteiger partial charge on any atom is 0.225 e. The number of carbonyl (C=O) groups is 2. The van der Waals surface area contributed by atoms with Crippen molar-refractivity contribution in [3.8, 4) is 0 Å². The molecule has 3 N–H and O–H groups in total. The molecule has 3 aliphatic carbocycles. The number of hydrogen-bond acceptors (Lipinski definition) is 2. The average Bonchev–Trinajstić information content (AvgIpc) is 3.22. The Morgan fingerprint density at radius 3 is 2.44 bits per heavy atom. The third-order valence-corrected chi connectivity index (χ3v) is 5.09. The van der Waals surface area contributed by atoms with Crippen molar-refractivity contribution in [3.63, 3.8) is 0 Å². The molecule has 100 valence electrons. The van der Waals surface area contributed by atoms with Crippen LogP contribution in [0.3, 0.4) is 0 Å². The van der Waals surface area contributed by atoms with E-state index in [1.807, 2.05) is 0 Å². The number of nitrogens with two attached hydrogens (primary N) is 1. The van der Waals surface area contributed by atoms with Crippen LogP contribution in [0, 0.1) is 23.2 Å². The van der Waals surface area contributed by atoms with Gasteiger partial charge in [-0.1, -0.05) is 12.8 Å². The zero-order valence-electron chi connectivity index (χ0n) is 10.8. The molecule has 2 amide bonds. The first-order chi connectivity index (χ1) is 8.62. The summed E-state index contributed by atoms with van der Waals surface area (Å²) < 4.78 is 0. The van der Waals surface area contributed by atoms with Gasteiger partial charge in [-0.2, -0.15) is 0 Å². The van der Waals surface area contributed by atoms with Gasteiger partial charge in [0.15, 0.2) is 0 Å². The Morgan fingerprint density at radius 2 is 1.89 bits per heavy atom. The second kappa shape index (κ2) is 4.25. The fourth-order valence-corrected chi connectivity index (χ4v) is 3.51. The minimum atomic E-state index is -0.459. The first-order valence-corrected chi connectivity index (χ1v) is 7.20. The third-order valence-electron chi connectivity index (χ3n) is 5.09. The Hall–Kier alpha value is -1.06. The van der Waals surface area contributed by atoms with E-state index in [1.165, 1.54) is 12.8 Å². The number of carbonyl (C=O) groups excluding carboxylic acids is 2. The molecule has 0 aromatic rings. The number of nitrogens with one attached hydrogen (secondary N) is 1. The molecule has 2 atom stereocenters. The van der Waals surface area contributed by atoms with E-state index in [-0.39, 0.29) is 17.7 Å². The van der Waals surface area contributed by atoms with Gasteiger partial charge in [0, 0.05) is 12.5 Å². The molecule has 4 nitrogen and oxygen atoms in total. The average molecular weight is 250 g/mol. The van der Waals surface area contributed by atoms with Crippen molar-refractivity contribution in [2.45, 2.75) is 44.9 Å². The fourth-order valence-electron chi connectivity index (χ4n) is 3.51. The second-order valence-electron chi connectivity index (χ2n) is 6.41. The molecule has 0 aromatic heterocycles. The van der Waals surface area contributed by atoms with Gasteiger partial charge in [-0.15, -0.1) is 0 Å². The van der Waals surface area contributed by atoms with Crippen LogP contribution in [0.4, 0.5) is 0 Å². The third kappa shape index (κ3) is 2.13. The maximum absolute atomic E-state index is 12.0. The predicted octanol–water partition coefficient (Wildman–Crippen LogP) is 1.19. The molecule has 3 aliphatic rings. The van der Waals surface area contributed by atoms with Gasteiger partial charge in [-0.25, -0.2) is 0 Å². The zero-order valence-corrected chi connectivity index (χ0v) is 10.8. The number of rotatable bonds is 5. The van der Waals surface area contributed by atoms with E-state index in [0.29, 0.717) is 12.5 Å². The molecule has 0 aliphatic heterocycles. The van der Waals surface area contributed by atoms with Crippen LogP contribution < -0.4 is 11.1 Å². The highest BCUT2D eigenvalue weighted by atomic mass is 16.2. The van der Waals surface area contributed by atoms with Crippen molar-refractivity contribution >= 4 is 11.8 Å². The van der Waals surface area contributed by atoms with Gasteiger partial charge < -0.3 is 11.1 Å². The van der Waals surface area contributed by atoms with Gasteiger partial charge in [0.25, 0.3) is 0 Å². The van der Waals surface area contributed by atoms with Crippen LogP contribution in [0.1, 0.15) is 44.9 Å². The number of hydrogen-bond donors (Lipinski definition) is 2. The number of amides is 2. The smallest absolute Gasteiger partial charge is 0.225 e. The summed E-state index contributed by atoms with van der Waals surface area (Å²) >= 11 is 0. The van der Waals surface area contributed by atoms with E-state index in [1.54, 1.807) is 0 Å². The van der Waals surface area contributed by atoms with Crippen LogP contribution in [0.25, 0.3) is 0 Å². The van der Waals surface area contributed by atoms with Crippen molar-refractivity contribution in [2.75, 3.05) is 6.54 Å². The molecule has 0 spiro atoms. The summed E-state index contributed by atoms with van der Waals surface area (Å²) in [6.07, 6.45) is 7.43. The van der Waals surface area contributed by atoms with E-state index in [2.05, 4.69) is 5.32 Å². The van der Waals surface area contributed by atoms with E-state index in [0.717, 1.165) is 38.0 Å². The Bertz CT molecular complexity index is 370. The Balaban J connectivity index is 1.50. The number of primary amides is 1. The highest BCUT2D eigenvalue weighted by Crippen LogP contribution is 2.54. The van der Waals surface area contributed by atoms with Crippen molar-refractivity contribution in [2.24, 2.45) is 28.9 Å². The molecule has 0 aromatic carbocycles. The van der Waals surface area contributed by atoms with Crippen LogP contribution in [0.2, 0.25) is 0 Å². The van der Waals surface area contributed by atoms with Gasteiger partial charge >= 0.3 is 0 Å². The van der Waals surface area contributed by atoms with Gasteiger partial charge in [-0.05, 0) is 43.9 Å². The summed E-state index contributed by atoms with van der Waals surface area (Å²) in [6, 6.07) is 0. The Kier molecular flexibility index (Phi) is 2.83. The predicted molar refractivity (Wildman–Crippen MR) is 67.4 cm³/mol. The SMILES string of the molecule is NC(=O)C1(CNC(=O)C2CC2C2CC2)CCCC1. The van der Waals surface area contributed by atoms with Gasteiger partial charge in [0.05, 0.1) is 5.41 Å². The molecule has 0 bridgehead atoms. The largest absolute Gasteiger partial charge is 0.369 e. The second-order valence-corrected chi connectivity index (χ2v) is 6.41. The van der Waals surface area contributed by atoms with Crippen LogP contribution in [0.5, 0.6) is 0 Å². The fraction of sp³-hybridized carbons (Fsp3) is 0.857. The van der Waals surface area contributed by atoms with E-state index >= 15 is 0 Å². The van der Waals surface area contributed by atoms with Gasteiger partial charge in [0.2, 0.25) is 11.8 Å². The summed E-state index contributed by atoms with van der Waals surface area (Å²) in [6.45, 7) is 0.453. The molecule has 0 saturated heterocycles. The van der Waals surface area contributed by atoms with Crippen LogP contribution in [0.15, 0.2) is 0 Å². The summed E-state index contributed by atoms with van der Waals surface area (Å²) in [5, 5.41) is 2.98. The molecule has 0 radical (unpaired) electrons. The first-order valence-electron chi connectivity index (χ1n) is 7.20. The van der Waals surface area contributed by atoms with Gasteiger partial charge in [-0.3, -0.25) is 9.59 Å². The maximum atomic E-state index is 12.0. The molecule has 4 heteroatoms. The molecule has 18 heavy (non-hydrogen) atoms. The summed E-state index contributed by atoms with van der Waals surface area (Å²) in [5.74, 6) is 1.59. The van der Waals surface area contributed by atoms with E-state index < -0.39 is 5.41 Å². The quantitative estimate of drug-likeness (QED) is 0.769.